The van der Waals surface area contributed by atoms with Crippen molar-refractivity contribution in [1.82, 2.24) is 5.32 Å². The summed E-state index contributed by atoms with van der Waals surface area (Å²) in [6.07, 6.45) is 0.368. The van der Waals surface area contributed by atoms with Crippen LogP contribution in [0.4, 0.5) is 0 Å². The summed E-state index contributed by atoms with van der Waals surface area (Å²) in [7, 11) is 1.62. The van der Waals surface area contributed by atoms with Gasteiger partial charge >= 0.3 is 0 Å². The molecule has 0 spiro atoms. The third kappa shape index (κ3) is 4.37. The highest BCUT2D eigenvalue weighted by Crippen LogP contribution is 2.11. The van der Waals surface area contributed by atoms with E-state index in [4.69, 9.17) is 10.5 Å². The summed E-state index contributed by atoms with van der Waals surface area (Å²) in [5.74, 6) is 1.14. The van der Waals surface area contributed by atoms with Gasteiger partial charge < -0.3 is 15.8 Å². The lowest BCUT2D eigenvalue weighted by Gasteiger charge is -2.20. The molecule has 0 aliphatic rings. The number of ether oxygens (including phenoxy) is 1. The van der Waals surface area contributed by atoms with Crippen molar-refractivity contribution >= 4 is 5.91 Å². The van der Waals surface area contributed by atoms with Crippen molar-refractivity contribution in [2.45, 2.75) is 26.3 Å². The van der Waals surface area contributed by atoms with Crippen LogP contribution in [0.1, 0.15) is 19.4 Å². The molecule has 0 saturated heterocycles. The van der Waals surface area contributed by atoms with Crippen molar-refractivity contribution in [2.24, 2.45) is 11.7 Å². The number of amides is 1. The van der Waals surface area contributed by atoms with Crippen LogP contribution < -0.4 is 15.8 Å². The van der Waals surface area contributed by atoms with E-state index in [1.807, 2.05) is 38.1 Å². The van der Waals surface area contributed by atoms with Crippen LogP contribution >= 0.6 is 0 Å². The molecule has 4 nitrogen and oxygen atoms in total. The molecule has 0 aromatic heterocycles. The Hall–Kier alpha value is -1.55. The highest BCUT2D eigenvalue weighted by atomic mass is 16.5. The molecule has 1 rings (SSSR count). The smallest absolute Gasteiger partial charge is 0.224 e. The minimum atomic E-state index is 0.00400. The van der Waals surface area contributed by atoms with Crippen LogP contribution in [0.3, 0.4) is 0 Å². The summed E-state index contributed by atoms with van der Waals surface area (Å²) >= 11 is 0. The second kappa shape index (κ2) is 7.01. The number of benzene rings is 1. The van der Waals surface area contributed by atoms with Crippen molar-refractivity contribution in [2.75, 3.05) is 13.7 Å². The van der Waals surface area contributed by atoms with E-state index < -0.39 is 0 Å². The number of methoxy groups -OCH3 is 1. The fraction of sp³-hybridized carbons (Fsp3) is 0.500. The summed E-state index contributed by atoms with van der Waals surface area (Å²) < 4.78 is 5.07. The molecule has 1 aromatic rings. The SMILES string of the molecule is COc1ccc(CC(=O)NC(CN)C(C)C)cc1. The molecule has 4 heteroatoms. The molecule has 100 valence electrons. The van der Waals surface area contributed by atoms with Crippen LogP contribution in [0.5, 0.6) is 5.75 Å². The normalized spacial score (nSPS) is 12.3. The molecule has 0 bridgehead atoms. The maximum absolute atomic E-state index is 11.8. The summed E-state index contributed by atoms with van der Waals surface area (Å²) in [4.78, 5) is 11.8. The summed E-state index contributed by atoms with van der Waals surface area (Å²) in [5, 5.41) is 2.95. The maximum Gasteiger partial charge on any atom is 0.224 e. The Morgan fingerprint density at radius 3 is 2.39 bits per heavy atom. The van der Waals surface area contributed by atoms with Crippen molar-refractivity contribution < 1.29 is 9.53 Å². The van der Waals surface area contributed by atoms with Gasteiger partial charge in [-0.3, -0.25) is 4.79 Å². The third-order valence-corrected chi connectivity index (χ3v) is 2.93. The van der Waals surface area contributed by atoms with Gasteiger partial charge in [0.25, 0.3) is 0 Å². The Balaban J connectivity index is 2.53. The van der Waals surface area contributed by atoms with Crippen LogP contribution in [0.15, 0.2) is 24.3 Å². The Kier molecular flexibility index (Phi) is 5.65. The van der Waals surface area contributed by atoms with E-state index in [-0.39, 0.29) is 11.9 Å². The molecule has 0 saturated carbocycles. The zero-order valence-electron chi connectivity index (χ0n) is 11.3. The van der Waals surface area contributed by atoms with Gasteiger partial charge in [0.2, 0.25) is 5.91 Å². The summed E-state index contributed by atoms with van der Waals surface area (Å²) in [5.41, 5.74) is 6.59. The summed E-state index contributed by atoms with van der Waals surface area (Å²) in [6.45, 7) is 4.56. The first-order valence-corrected chi connectivity index (χ1v) is 6.19. The van der Waals surface area contributed by atoms with E-state index in [2.05, 4.69) is 5.32 Å². The number of hydrogen-bond donors (Lipinski definition) is 2. The van der Waals surface area contributed by atoms with Crippen LogP contribution in [-0.2, 0) is 11.2 Å². The first kappa shape index (κ1) is 14.5. The van der Waals surface area contributed by atoms with Gasteiger partial charge in [-0.05, 0) is 23.6 Å². The van der Waals surface area contributed by atoms with Gasteiger partial charge in [0.05, 0.1) is 13.5 Å². The molecule has 0 radical (unpaired) electrons. The van der Waals surface area contributed by atoms with Crippen LogP contribution in [0.2, 0.25) is 0 Å². The Labute approximate surface area is 109 Å². The van der Waals surface area contributed by atoms with E-state index >= 15 is 0 Å². The summed E-state index contributed by atoms with van der Waals surface area (Å²) in [6, 6.07) is 7.53. The number of nitrogens with one attached hydrogen (secondary N) is 1. The van der Waals surface area contributed by atoms with Crippen LogP contribution in [0.25, 0.3) is 0 Å². The predicted molar refractivity (Wildman–Crippen MR) is 72.5 cm³/mol. The van der Waals surface area contributed by atoms with Crippen molar-refractivity contribution in [3.05, 3.63) is 29.8 Å². The van der Waals surface area contributed by atoms with Gasteiger partial charge in [-0.1, -0.05) is 26.0 Å². The maximum atomic E-state index is 11.8. The van der Waals surface area contributed by atoms with E-state index in [1.54, 1.807) is 7.11 Å². The van der Waals surface area contributed by atoms with E-state index in [0.717, 1.165) is 11.3 Å². The number of nitrogens with two attached hydrogens (primary N) is 1. The highest BCUT2D eigenvalue weighted by Gasteiger charge is 2.14. The Morgan fingerprint density at radius 2 is 1.94 bits per heavy atom. The lowest BCUT2D eigenvalue weighted by Crippen LogP contribution is -2.44. The van der Waals surface area contributed by atoms with Gasteiger partial charge in [-0.25, -0.2) is 0 Å². The van der Waals surface area contributed by atoms with Gasteiger partial charge in [0, 0.05) is 12.6 Å². The van der Waals surface area contributed by atoms with E-state index in [9.17, 15) is 4.79 Å². The topological polar surface area (TPSA) is 64.3 Å². The monoisotopic (exact) mass is 250 g/mol. The van der Waals surface area contributed by atoms with Crippen molar-refractivity contribution in [3.8, 4) is 5.75 Å². The number of hydrogen-bond acceptors (Lipinski definition) is 3. The van der Waals surface area contributed by atoms with Crippen LogP contribution in [-0.4, -0.2) is 25.6 Å². The second-order valence-electron chi connectivity index (χ2n) is 4.68. The van der Waals surface area contributed by atoms with Crippen molar-refractivity contribution in [3.63, 3.8) is 0 Å². The highest BCUT2D eigenvalue weighted by molar-refractivity contribution is 5.78. The quantitative estimate of drug-likeness (QED) is 0.800. The average Bonchev–Trinajstić information content (AvgIpc) is 2.36. The fourth-order valence-electron chi connectivity index (χ4n) is 1.68. The number of carbonyl (C=O) groups is 1. The largest absolute Gasteiger partial charge is 0.497 e. The first-order chi connectivity index (χ1) is 8.56. The molecule has 1 unspecified atom stereocenters. The van der Waals surface area contributed by atoms with E-state index in [0.29, 0.717) is 18.9 Å². The van der Waals surface area contributed by atoms with Crippen molar-refractivity contribution in [1.29, 1.82) is 0 Å². The predicted octanol–water partition coefficient (Wildman–Crippen LogP) is 1.34. The molecule has 0 fully saturated rings. The zero-order chi connectivity index (χ0) is 13.5. The standard InChI is InChI=1S/C14H22N2O2/c1-10(2)13(9-15)16-14(17)8-11-4-6-12(18-3)7-5-11/h4-7,10,13H,8-9,15H2,1-3H3,(H,16,17). The minimum Gasteiger partial charge on any atom is -0.497 e. The average molecular weight is 250 g/mol. The lowest BCUT2D eigenvalue weighted by atomic mass is 10.0. The molecular formula is C14H22N2O2. The minimum absolute atomic E-state index is 0.00400. The Morgan fingerprint density at radius 1 is 1.33 bits per heavy atom. The number of rotatable bonds is 6. The molecule has 18 heavy (non-hydrogen) atoms. The van der Waals surface area contributed by atoms with Gasteiger partial charge in [-0.15, -0.1) is 0 Å². The van der Waals surface area contributed by atoms with Gasteiger partial charge in [0.1, 0.15) is 5.75 Å². The lowest BCUT2D eigenvalue weighted by molar-refractivity contribution is -0.121. The van der Waals surface area contributed by atoms with Gasteiger partial charge in [0.15, 0.2) is 0 Å². The third-order valence-electron chi connectivity index (χ3n) is 2.93. The molecule has 0 aliphatic carbocycles. The number of carbonyl (C=O) groups excluding carboxylic acids is 1. The molecular weight excluding hydrogens is 228 g/mol. The van der Waals surface area contributed by atoms with Crippen LogP contribution in [0, 0.1) is 5.92 Å². The molecule has 1 aromatic carbocycles. The zero-order valence-corrected chi connectivity index (χ0v) is 11.3. The molecule has 1 amide bonds. The van der Waals surface area contributed by atoms with Gasteiger partial charge in [-0.2, -0.15) is 0 Å². The fourth-order valence-corrected chi connectivity index (χ4v) is 1.68. The second-order valence-corrected chi connectivity index (χ2v) is 4.68. The molecule has 3 N–H and O–H groups in total. The molecule has 0 heterocycles. The first-order valence-electron chi connectivity index (χ1n) is 6.19. The molecule has 1 atom stereocenters. The van der Waals surface area contributed by atoms with E-state index in [1.165, 1.54) is 0 Å². The Bertz CT molecular complexity index is 374. The molecule has 0 aliphatic heterocycles.